The van der Waals surface area contributed by atoms with Crippen LogP contribution in [0.4, 0.5) is 0 Å². The van der Waals surface area contributed by atoms with Gasteiger partial charge >= 0.3 is 5.97 Å². The quantitative estimate of drug-likeness (QED) is 0.763. The van der Waals surface area contributed by atoms with E-state index >= 15 is 0 Å². The number of ether oxygens (including phenoxy) is 1. The van der Waals surface area contributed by atoms with Gasteiger partial charge in [0.25, 0.3) is 0 Å². The number of carbonyl (C=O) groups is 1. The number of rotatable bonds is 5. The summed E-state index contributed by atoms with van der Waals surface area (Å²) in [5.41, 5.74) is 2.49. The van der Waals surface area contributed by atoms with E-state index in [2.05, 4.69) is 17.4 Å². The van der Waals surface area contributed by atoms with Crippen molar-refractivity contribution in [2.24, 2.45) is 0 Å². The van der Waals surface area contributed by atoms with Gasteiger partial charge in [-0.3, -0.25) is 4.79 Å². The Balaban J connectivity index is 1.88. The van der Waals surface area contributed by atoms with Crippen LogP contribution in [0.3, 0.4) is 0 Å². The molecule has 17 heavy (non-hydrogen) atoms. The van der Waals surface area contributed by atoms with Gasteiger partial charge in [0.05, 0.1) is 19.3 Å². The first-order valence-electron chi connectivity index (χ1n) is 5.88. The maximum atomic E-state index is 10.4. The summed E-state index contributed by atoms with van der Waals surface area (Å²) in [5.74, 6) is -0.743. The lowest BCUT2D eigenvalue weighted by atomic mass is 9.99. The van der Waals surface area contributed by atoms with Crippen molar-refractivity contribution in [2.75, 3.05) is 13.2 Å². The molecule has 0 aromatic heterocycles. The first-order chi connectivity index (χ1) is 8.27. The van der Waals surface area contributed by atoms with Crippen molar-refractivity contribution in [1.29, 1.82) is 0 Å². The van der Waals surface area contributed by atoms with Gasteiger partial charge in [0.15, 0.2) is 0 Å². The topological polar surface area (TPSA) is 58.6 Å². The van der Waals surface area contributed by atoms with E-state index in [4.69, 9.17) is 9.84 Å². The number of hydrogen-bond donors (Lipinski definition) is 2. The first-order valence-corrected chi connectivity index (χ1v) is 5.88. The second kappa shape index (κ2) is 5.80. The number of hydrogen-bond acceptors (Lipinski definition) is 3. The van der Waals surface area contributed by atoms with E-state index in [0.29, 0.717) is 26.2 Å². The number of aliphatic carboxylic acids is 1. The summed E-state index contributed by atoms with van der Waals surface area (Å²) < 4.78 is 5.51. The molecular weight excluding hydrogens is 218 g/mol. The maximum Gasteiger partial charge on any atom is 0.303 e. The maximum absolute atomic E-state index is 10.4. The number of fused-ring (bicyclic) bond motifs is 1. The van der Waals surface area contributed by atoms with Crippen molar-refractivity contribution in [3.63, 3.8) is 0 Å². The molecule has 4 nitrogen and oxygen atoms in total. The molecule has 0 fully saturated rings. The van der Waals surface area contributed by atoms with Crippen molar-refractivity contribution < 1.29 is 14.6 Å². The highest BCUT2D eigenvalue weighted by atomic mass is 16.5. The summed E-state index contributed by atoms with van der Waals surface area (Å²) in [4.78, 5) is 10.4. The van der Waals surface area contributed by atoms with Crippen LogP contribution in [0.25, 0.3) is 0 Å². The van der Waals surface area contributed by atoms with Crippen LogP contribution in [-0.2, 0) is 16.1 Å². The fourth-order valence-electron chi connectivity index (χ4n) is 2.07. The molecule has 1 unspecified atom stereocenters. The molecule has 4 heteroatoms. The third-order valence-corrected chi connectivity index (χ3v) is 2.93. The fourth-order valence-corrected chi connectivity index (χ4v) is 2.07. The van der Waals surface area contributed by atoms with Gasteiger partial charge in [-0.05, 0) is 24.1 Å². The van der Waals surface area contributed by atoms with Gasteiger partial charge in [0.2, 0.25) is 0 Å². The molecule has 2 rings (SSSR count). The molecule has 0 radical (unpaired) electrons. The van der Waals surface area contributed by atoms with E-state index in [0.717, 1.165) is 0 Å². The third-order valence-electron chi connectivity index (χ3n) is 2.93. The largest absolute Gasteiger partial charge is 0.481 e. The highest BCUT2D eigenvalue weighted by Crippen LogP contribution is 2.24. The van der Waals surface area contributed by atoms with Crippen LogP contribution < -0.4 is 5.32 Å². The Morgan fingerprint density at radius 2 is 2.29 bits per heavy atom. The summed E-state index contributed by atoms with van der Waals surface area (Å²) in [6.45, 7) is 2.03. The van der Waals surface area contributed by atoms with Gasteiger partial charge in [-0.25, -0.2) is 0 Å². The fraction of sp³-hybridized carbons (Fsp3) is 0.462. The van der Waals surface area contributed by atoms with Crippen molar-refractivity contribution in [3.8, 4) is 0 Å². The molecule has 0 aliphatic carbocycles. The normalized spacial score (nSPS) is 18.7. The minimum Gasteiger partial charge on any atom is -0.481 e. The SMILES string of the molecule is O=C(O)CCCNC1COCc2ccccc21. The molecule has 0 bridgehead atoms. The Morgan fingerprint density at radius 3 is 3.12 bits per heavy atom. The number of benzene rings is 1. The van der Waals surface area contributed by atoms with Crippen LogP contribution in [0.15, 0.2) is 24.3 Å². The van der Waals surface area contributed by atoms with Crippen molar-refractivity contribution in [2.45, 2.75) is 25.5 Å². The molecule has 1 aliphatic rings. The van der Waals surface area contributed by atoms with Gasteiger partial charge in [0, 0.05) is 6.42 Å². The number of nitrogens with one attached hydrogen (secondary N) is 1. The van der Waals surface area contributed by atoms with Gasteiger partial charge in [-0.15, -0.1) is 0 Å². The molecule has 1 aliphatic heterocycles. The Labute approximate surface area is 101 Å². The lowest BCUT2D eigenvalue weighted by Gasteiger charge is -2.26. The molecule has 0 amide bonds. The molecule has 1 aromatic rings. The molecule has 1 heterocycles. The zero-order valence-corrected chi connectivity index (χ0v) is 9.69. The summed E-state index contributed by atoms with van der Waals surface area (Å²) in [6.07, 6.45) is 0.857. The second-order valence-corrected chi connectivity index (χ2v) is 4.22. The summed E-state index contributed by atoms with van der Waals surface area (Å²) in [7, 11) is 0. The lowest BCUT2D eigenvalue weighted by molar-refractivity contribution is -0.137. The summed E-state index contributed by atoms with van der Waals surface area (Å²) >= 11 is 0. The molecule has 0 saturated heterocycles. The smallest absolute Gasteiger partial charge is 0.303 e. The molecule has 0 saturated carbocycles. The predicted octanol–water partition coefficient (Wildman–Crippen LogP) is 1.71. The van der Waals surface area contributed by atoms with Crippen molar-refractivity contribution >= 4 is 5.97 Å². The first kappa shape index (κ1) is 12.1. The van der Waals surface area contributed by atoms with E-state index < -0.39 is 5.97 Å². The molecule has 0 spiro atoms. The Kier molecular flexibility index (Phi) is 4.12. The summed E-state index contributed by atoms with van der Waals surface area (Å²) in [5, 5.41) is 11.9. The molecule has 92 valence electrons. The van der Waals surface area contributed by atoms with E-state index in [9.17, 15) is 4.79 Å². The predicted molar refractivity (Wildman–Crippen MR) is 63.7 cm³/mol. The number of carboxylic acid groups (broad SMARTS) is 1. The van der Waals surface area contributed by atoms with Gasteiger partial charge < -0.3 is 15.2 Å². The van der Waals surface area contributed by atoms with Crippen LogP contribution in [0.2, 0.25) is 0 Å². The minimum absolute atomic E-state index is 0.189. The van der Waals surface area contributed by atoms with E-state index in [1.165, 1.54) is 11.1 Å². The van der Waals surface area contributed by atoms with Crippen molar-refractivity contribution in [1.82, 2.24) is 5.32 Å². The average Bonchev–Trinajstić information content (AvgIpc) is 2.34. The Hall–Kier alpha value is -1.39. The van der Waals surface area contributed by atoms with E-state index in [1.807, 2.05) is 12.1 Å². The van der Waals surface area contributed by atoms with Crippen LogP contribution in [0.5, 0.6) is 0 Å². The Bertz CT molecular complexity index is 392. The highest BCUT2D eigenvalue weighted by Gasteiger charge is 2.19. The van der Waals surface area contributed by atoms with Crippen LogP contribution in [0.1, 0.15) is 30.0 Å². The number of carboxylic acids is 1. The third kappa shape index (κ3) is 3.28. The standard InChI is InChI=1S/C13H17NO3/c15-13(16)6-3-7-14-12-9-17-8-10-4-1-2-5-11(10)12/h1-2,4-5,12,14H,3,6-9H2,(H,15,16). The van der Waals surface area contributed by atoms with Crippen molar-refractivity contribution in [3.05, 3.63) is 35.4 Å². The van der Waals surface area contributed by atoms with Crippen LogP contribution in [-0.4, -0.2) is 24.2 Å². The van der Waals surface area contributed by atoms with Gasteiger partial charge in [0.1, 0.15) is 0 Å². The average molecular weight is 235 g/mol. The lowest BCUT2D eigenvalue weighted by Crippen LogP contribution is -2.30. The monoisotopic (exact) mass is 235 g/mol. The Morgan fingerprint density at radius 1 is 1.47 bits per heavy atom. The molecular formula is C13H17NO3. The highest BCUT2D eigenvalue weighted by molar-refractivity contribution is 5.66. The van der Waals surface area contributed by atoms with E-state index in [1.54, 1.807) is 0 Å². The zero-order valence-electron chi connectivity index (χ0n) is 9.69. The van der Waals surface area contributed by atoms with Crippen LogP contribution >= 0.6 is 0 Å². The minimum atomic E-state index is -0.743. The molecule has 1 aromatic carbocycles. The summed E-state index contributed by atoms with van der Waals surface area (Å²) in [6, 6.07) is 8.40. The molecule has 2 N–H and O–H groups in total. The molecule has 1 atom stereocenters. The van der Waals surface area contributed by atoms with Crippen LogP contribution in [0, 0.1) is 0 Å². The van der Waals surface area contributed by atoms with Gasteiger partial charge in [-0.1, -0.05) is 24.3 Å². The van der Waals surface area contributed by atoms with Gasteiger partial charge in [-0.2, -0.15) is 0 Å². The second-order valence-electron chi connectivity index (χ2n) is 4.22. The van der Waals surface area contributed by atoms with E-state index in [-0.39, 0.29) is 12.5 Å². The zero-order chi connectivity index (χ0) is 12.1.